The normalized spacial score (nSPS) is 22.5. The molecule has 6 nitrogen and oxygen atoms in total. The Labute approximate surface area is 99.9 Å². The van der Waals surface area contributed by atoms with Crippen molar-refractivity contribution < 1.29 is 13.2 Å². The van der Waals surface area contributed by atoms with Gasteiger partial charge in [-0.25, -0.2) is 8.42 Å². The molecule has 17 heavy (non-hydrogen) atoms. The van der Waals surface area contributed by atoms with Crippen molar-refractivity contribution in [1.82, 2.24) is 9.78 Å². The van der Waals surface area contributed by atoms with Gasteiger partial charge in [0, 0.05) is 19.7 Å². The van der Waals surface area contributed by atoms with E-state index in [1.165, 1.54) is 0 Å². The fourth-order valence-electron chi connectivity index (χ4n) is 1.99. The second-order valence-corrected chi connectivity index (χ2v) is 6.65. The summed E-state index contributed by atoms with van der Waals surface area (Å²) in [6.45, 7) is 0. The molecule has 1 aliphatic heterocycles. The summed E-state index contributed by atoms with van der Waals surface area (Å²) in [5.74, 6) is 0.141. The molecule has 0 saturated carbocycles. The molecule has 94 valence electrons. The van der Waals surface area contributed by atoms with Crippen LogP contribution in [0.5, 0.6) is 0 Å². The van der Waals surface area contributed by atoms with Crippen molar-refractivity contribution in [3.63, 3.8) is 0 Å². The number of amides is 1. The molecule has 1 N–H and O–H groups in total. The Kier molecular flexibility index (Phi) is 3.19. The molecule has 1 aliphatic rings. The minimum absolute atomic E-state index is 0.0447. The summed E-state index contributed by atoms with van der Waals surface area (Å²) in [5.41, 5.74) is 0.637. The van der Waals surface area contributed by atoms with Crippen molar-refractivity contribution in [2.75, 3.05) is 16.8 Å². The first kappa shape index (κ1) is 12.1. The number of nitrogens with zero attached hydrogens (tertiary/aromatic N) is 2. The summed E-state index contributed by atoms with van der Waals surface area (Å²) in [6.07, 6.45) is 4.10. The molecule has 1 atom stereocenters. The highest BCUT2D eigenvalue weighted by atomic mass is 32.2. The molecule has 2 rings (SSSR count). The van der Waals surface area contributed by atoms with E-state index in [0.29, 0.717) is 12.1 Å². The lowest BCUT2D eigenvalue weighted by atomic mass is 10.1. The smallest absolute Gasteiger partial charge is 0.224 e. The van der Waals surface area contributed by atoms with E-state index >= 15 is 0 Å². The average molecular weight is 257 g/mol. The number of nitrogens with one attached hydrogen (secondary N) is 1. The van der Waals surface area contributed by atoms with Gasteiger partial charge in [0.15, 0.2) is 9.84 Å². The average Bonchev–Trinajstić information content (AvgIpc) is 2.73. The van der Waals surface area contributed by atoms with Gasteiger partial charge in [0.2, 0.25) is 5.91 Å². The molecule has 0 aromatic carbocycles. The van der Waals surface area contributed by atoms with Gasteiger partial charge in [0.05, 0.1) is 23.4 Å². The zero-order chi connectivity index (χ0) is 12.5. The molecular formula is C10H15N3O3S. The minimum Gasteiger partial charge on any atom is -0.323 e. The summed E-state index contributed by atoms with van der Waals surface area (Å²) in [7, 11) is -1.14. The van der Waals surface area contributed by atoms with Crippen molar-refractivity contribution in [1.29, 1.82) is 0 Å². The van der Waals surface area contributed by atoms with Crippen molar-refractivity contribution in [2.45, 2.75) is 12.8 Å². The molecule has 1 aromatic heterocycles. The van der Waals surface area contributed by atoms with Crippen LogP contribution in [-0.4, -0.2) is 35.6 Å². The number of sulfone groups is 1. The number of hydrogen-bond donors (Lipinski definition) is 1. The van der Waals surface area contributed by atoms with Crippen molar-refractivity contribution in [3.05, 3.63) is 12.4 Å². The van der Waals surface area contributed by atoms with E-state index in [1.807, 2.05) is 0 Å². The number of rotatable bonds is 3. The first-order valence-electron chi connectivity index (χ1n) is 5.43. The molecule has 1 amide bonds. The van der Waals surface area contributed by atoms with E-state index < -0.39 is 9.84 Å². The van der Waals surface area contributed by atoms with Gasteiger partial charge in [-0.15, -0.1) is 0 Å². The molecule has 1 saturated heterocycles. The Morgan fingerprint density at radius 3 is 2.94 bits per heavy atom. The summed E-state index contributed by atoms with van der Waals surface area (Å²) in [6, 6.07) is 0. The van der Waals surface area contributed by atoms with Crippen LogP contribution in [0, 0.1) is 5.92 Å². The quantitative estimate of drug-likeness (QED) is 0.837. The molecule has 1 unspecified atom stereocenters. The van der Waals surface area contributed by atoms with E-state index in [0.717, 1.165) is 0 Å². The predicted molar refractivity (Wildman–Crippen MR) is 63.2 cm³/mol. The fourth-order valence-corrected chi connectivity index (χ4v) is 3.85. The zero-order valence-electron chi connectivity index (χ0n) is 9.59. The van der Waals surface area contributed by atoms with Crippen LogP contribution in [0.25, 0.3) is 0 Å². The SMILES string of the molecule is Cn1cc(NC(=O)CC2CCS(=O)(=O)C2)cn1. The maximum atomic E-state index is 11.6. The van der Waals surface area contributed by atoms with Crippen LogP contribution in [0.2, 0.25) is 0 Å². The Bertz CT molecular complexity index is 521. The van der Waals surface area contributed by atoms with Gasteiger partial charge in [-0.2, -0.15) is 5.10 Å². The topological polar surface area (TPSA) is 81.1 Å². The highest BCUT2D eigenvalue weighted by Crippen LogP contribution is 2.22. The largest absolute Gasteiger partial charge is 0.323 e. The lowest BCUT2D eigenvalue weighted by Crippen LogP contribution is -2.17. The van der Waals surface area contributed by atoms with Gasteiger partial charge < -0.3 is 5.32 Å². The molecule has 1 fully saturated rings. The first-order valence-corrected chi connectivity index (χ1v) is 7.26. The van der Waals surface area contributed by atoms with E-state index in [4.69, 9.17) is 0 Å². The number of carbonyl (C=O) groups excluding carboxylic acids is 1. The Hall–Kier alpha value is -1.37. The number of aryl methyl sites for hydroxylation is 1. The fraction of sp³-hybridized carbons (Fsp3) is 0.600. The van der Waals surface area contributed by atoms with E-state index in [2.05, 4.69) is 10.4 Å². The van der Waals surface area contributed by atoms with Crippen LogP contribution < -0.4 is 5.32 Å². The minimum atomic E-state index is -2.91. The first-order chi connectivity index (χ1) is 7.94. The van der Waals surface area contributed by atoms with E-state index in [9.17, 15) is 13.2 Å². The van der Waals surface area contributed by atoms with Crippen molar-refractivity contribution in [3.8, 4) is 0 Å². The Morgan fingerprint density at radius 2 is 2.41 bits per heavy atom. The molecule has 2 heterocycles. The van der Waals surface area contributed by atoms with Gasteiger partial charge >= 0.3 is 0 Å². The van der Waals surface area contributed by atoms with Crippen LogP contribution in [0.4, 0.5) is 5.69 Å². The predicted octanol–water partition coefficient (Wildman–Crippen LogP) is 0.183. The lowest BCUT2D eigenvalue weighted by molar-refractivity contribution is -0.116. The number of carbonyl (C=O) groups is 1. The second kappa shape index (κ2) is 4.48. The van der Waals surface area contributed by atoms with Gasteiger partial charge in [0.1, 0.15) is 0 Å². The maximum Gasteiger partial charge on any atom is 0.224 e. The third kappa shape index (κ3) is 3.29. The molecule has 0 radical (unpaired) electrons. The molecule has 0 bridgehead atoms. The van der Waals surface area contributed by atoms with Crippen LogP contribution in [-0.2, 0) is 21.7 Å². The monoisotopic (exact) mass is 257 g/mol. The van der Waals surface area contributed by atoms with Gasteiger partial charge in [-0.05, 0) is 12.3 Å². The highest BCUT2D eigenvalue weighted by molar-refractivity contribution is 7.91. The number of aromatic nitrogens is 2. The van der Waals surface area contributed by atoms with Crippen LogP contribution in [0.3, 0.4) is 0 Å². The van der Waals surface area contributed by atoms with Gasteiger partial charge in [-0.3, -0.25) is 9.48 Å². The Morgan fingerprint density at radius 1 is 1.65 bits per heavy atom. The number of hydrogen-bond acceptors (Lipinski definition) is 4. The third-order valence-electron chi connectivity index (χ3n) is 2.79. The summed E-state index contributed by atoms with van der Waals surface area (Å²) < 4.78 is 24.1. The van der Waals surface area contributed by atoms with E-state index in [-0.39, 0.29) is 29.8 Å². The molecule has 1 aromatic rings. The van der Waals surface area contributed by atoms with Gasteiger partial charge in [0.25, 0.3) is 0 Å². The standard InChI is InChI=1S/C10H15N3O3S/c1-13-6-9(5-11-13)12-10(14)4-8-2-3-17(15,16)7-8/h5-6,8H,2-4,7H2,1H3,(H,12,14). The third-order valence-corrected chi connectivity index (χ3v) is 4.63. The van der Waals surface area contributed by atoms with Crippen LogP contribution in [0.15, 0.2) is 12.4 Å². The zero-order valence-corrected chi connectivity index (χ0v) is 10.4. The van der Waals surface area contributed by atoms with Crippen LogP contribution in [0.1, 0.15) is 12.8 Å². The second-order valence-electron chi connectivity index (χ2n) is 4.42. The van der Waals surface area contributed by atoms with Crippen molar-refractivity contribution >= 4 is 21.4 Å². The Balaban J connectivity index is 1.86. The highest BCUT2D eigenvalue weighted by Gasteiger charge is 2.29. The molecule has 0 aliphatic carbocycles. The van der Waals surface area contributed by atoms with Crippen molar-refractivity contribution in [2.24, 2.45) is 13.0 Å². The van der Waals surface area contributed by atoms with E-state index in [1.54, 1.807) is 24.1 Å². The number of anilines is 1. The maximum absolute atomic E-state index is 11.6. The summed E-state index contributed by atoms with van der Waals surface area (Å²) in [4.78, 5) is 11.6. The molecular weight excluding hydrogens is 242 g/mol. The molecule has 0 spiro atoms. The van der Waals surface area contributed by atoms with Gasteiger partial charge in [-0.1, -0.05) is 0 Å². The molecule has 7 heteroatoms. The lowest BCUT2D eigenvalue weighted by Gasteiger charge is -2.06. The summed E-state index contributed by atoms with van der Waals surface area (Å²) >= 11 is 0. The summed E-state index contributed by atoms with van der Waals surface area (Å²) in [5, 5.41) is 6.63. The van der Waals surface area contributed by atoms with Crippen LogP contribution >= 0.6 is 0 Å².